The van der Waals surface area contributed by atoms with Crippen molar-refractivity contribution in [1.29, 1.82) is 0 Å². The van der Waals surface area contributed by atoms with Crippen molar-refractivity contribution >= 4 is 24.2 Å². The summed E-state index contributed by atoms with van der Waals surface area (Å²) in [5.41, 5.74) is 10.8. The number of hydrogen-bond donors (Lipinski definition) is 2. The normalized spacial score (nSPS) is 11.0. The summed E-state index contributed by atoms with van der Waals surface area (Å²) in [6.07, 6.45) is 2.68. The molecule has 0 saturated heterocycles. The van der Waals surface area contributed by atoms with Gasteiger partial charge in [0.1, 0.15) is 6.42 Å². The molecule has 0 atom stereocenters. The molecule has 0 heterocycles. The standard InChI is InChI=1S/C29H24N4O2/c34-28(32-30-20-22-11-15-26(16-12-22)24-7-3-1-4-8-24)19-29(35)33-31-21-23-13-17-27(18-14-23)25-9-5-2-6-10-25/h1-18,20-21H,19H2,(H,32,34)(H,33,35). The fraction of sp³-hybridized carbons (Fsp3) is 0.0345. The van der Waals surface area contributed by atoms with Crippen LogP contribution in [0.2, 0.25) is 0 Å². The largest absolute Gasteiger partial charge is 0.273 e. The highest BCUT2D eigenvalue weighted by molar-refractivity contribution is 5.97. The molecule has 172 valence electrons. The van der Waals surface area contributed by atoms with Crippen LogP contribution in [0.1, 0.15) is 17.5 Å². The lowest BCUT2D eigenvalue weighted by Crippen LogP contribution is -2.27. The van der Waals surface area contributed by atoms with Crippen LogP contribution in [-0.4, -0.2) is 24.2 Å². The van der Waals surface area contributed by atoms with Crippen LogP contribution < -0.4 is 10.9 Å². The zero-order chi connectivity index (χ0) is 24.3. The summed E-state index contributed by atoms with van der Waals surface area (Å²) in [6, 6.07) is 35.7. The number of nitrogens with one attached hydrogen (secondary N) is 2. The number of rotatable bonds is 8. The molecule has 0 unspecified atom stereocenters. The maximum Gasteiger partial charge on any atom is 0.249 e. The van der Waals surface area contributed by atoms with Gasteiger partial charge in [0.25, 0.3) is 0 Å². The van der Waals surface area contributed by atoms with Crippen molar-refractivity contribution in [3.8, 4) is 22.3 Å². The average Bonchev–Trinajstić information content (AvgIpc) is 2.90. The van der Waals surface area contributed by atoms with Crippen molar-refractivity contribution < 1.29 is 9.59 Å². The molecule has 2 N–H and O–H groups in total. The van der Waals surface area contributed by atoms with Gasteiger partial charge in [0, 0.05) is 0 Å². The van der Waals surface area contributed by atoms with Gasteiger partial charge in [-0.1, -0.05) is 109 Å². The molecule has 0 aliphatic carbocycles. The molecule has 0 aliphatic heterocycles. The third kappa shape index (κ3) is 7.07. The Hall–Kier alpha value is -4.84. The summed E-state index contributed by atoms with van der Waals surface area (Å²) in [5, 5.41) is 7.83. The van der Waals surface area contributed by atoms with E-state index in [0.717, 1.165) is 33.4 Å². The van der Waals surface area contributed by atoms with Gasteiger partial charge in [-0.2, -0.15) is 10.2 Å². The summed E-state index contributed by atoms with van der Waals surface area (Å²) in [7, 11) is 0. The summed E-state index contributed by atoms with van der Waals surface area (Å²) >= 11 is 0. The van der Waals surface area contributed by atoms with Gasteiger partial charge in [0.15, 0.2) is 0 Å². The molecule has 0 spiro atoms. The lowest BCUT2D eigenvalue weighted by Gasteiger charge is -2.02. The molecule has 4 rings (SSSR count). The number of carbonyl (C=O) groups is 2. The first-order valence-electron chi connectivity index (χ1n) is 11.1. The Bertz CT molecular complexity index is 1210. The van der Waals surface area contributed by atoms with E-state index in [-0.39, 0.29) is 6.42 Å². The van der Waals surface area contributed by atoms with Gasteiger partial charge in [-0.05, 0) is 33.4 Å². The van der Waals surface area contributed by atoms with E-state index in [9.17, 15) is 9.59 Å². The second-order valence-electron chi connectivity index (χ2n) is 7.74. The Balaban J connectivity index is 1.20. The minimum absolute atomic E-state index is 0.380. The van der Waals surface area contributed by atoms with Gasteiger partial charge in [-0.3, -0.25) is 9.59 Å². The molecule has 6 nitrogen and oxygen atoms in total. The number of amides is 2. The van der Waals surface area contributed by atoms with Crippen molar-refractivity contribution in [3.63, 3.8) is 0 Å². The maximum absolute atomic E-state index is 12.0. The molecule has 0 bridgehead atoms. The first-order chi connectivity index (χ1) is 17.2. The van der Waals surface area contributed by atoms with Gasteiger partial charge >= 0.3 is 0 Å². The van der Waals surface area contributed by atoms with Crippen LogP contribution in [0.5, 0.6) is 0 Å². The predicted octanol–water partition coefficient (Wildman–Crippen LogP) is 5.01. The molecule has 2 amide bonds. The third-order valence-corrected chi connectivity index (χ3v) is 5.16. The van der Waals surface area contributed by atoms with Gasteiger partial charge in [0.2, 0.25) is 11.8 Å². The molecule has 0 radical (unpaired) electrons. The average molecular weight is 461 g/mol. The lowest BCUT2D eigenvalue weighted by molar-refractivity contribution is -0.129. The molecular weight excluding hydrogens is 436 g/mol. The fourth-order valence-corrected chi connectivity index (χ4v) is 3.37. The monoisotopic (exact) mass is 460 g/mol. The highest BCUT2D eigenvalue weighted by Gasteiger charge is 2.07. The Labute approximate surface area is 204 Å². The van der Waals surface area contributed by atoms with Gasteiger partial charge in [0.05, 0.1) is 12.4 Å². The SMILES string of the molecule is O=C(CC(=O)NN=Cc1ccc(-c2ccccc2)cc1)NN=Cc1ccc(-c2ccccc2)cc1. The minimum Gasteiger partial charge on any atom is -0.273 e. The quantitative estimate of drug-likeness (QED) is 0.220. The number of benzene rings is 4. The summed E-state index contributed by atoms with van der Waals surface area (Å²) in [4.78, 5) is 23.9. The van der Waals surface area contributed by atoms with E-state index < -0.39 is 11.8 Å². The summed E-state index contributed by atoms with van der Waals surface area (Å²) in [5.74, 6) is -1.05. The minimum atomic E-state index is -0.526. The molecular formula is C29H24N4O2. The highest BCUT2D eigenvalue weighted by Crippen LogP contribution is 2.19. The van der Waals surface area contributed by atoms with E-state index in [1.807, 2.05) is 109 Å². The van der Waals surface area contributed by atoms with Gasteiger partial charge in [-0.15, -0.1) is 0 Å². The Morgan fingerprint density at radius 3 is 1.23 bits per heavy atom. The molecule has 0 saturated carbocycles. The zero-order valence-corrected chi connectivity index (χ0v) is 19.0. The van der Waals surface area contributed by atoms with Crippen molar-refractivity contribution in [2.45, 2.75) is 6.42 Å². The lowest BCUT2D eigenvalue weighted by atomic mass is 10.0. The number of carbonyl (C=O) groups excluding carboxylic acids is 2. The van der Waals surface area contributed by atoms with E-state index in [4.69, 9.17) is 0 Å². The maximum atomic E-state index is 12.0. The molecule has 4 aromatic rings. The molecule has 0 fully saturated rings. The first-order valence-corrected chi connectivity index (χ1v) is 11.1. The Morgan fingerprint density at radius 2 is 0.857 bits per heavy atom. The van der Waals surface area contributed by atoms with E-state index in [1.165, 1.54) is 12.4 Å². The topological polar surface area (TPSA) is 82.9 Å². The highest BCUT2D eigenvalue weighted by atomic mass is 16.2. The smallest absolute Gasteiger partial charge is 0.249 e. The Kier molecular flexibility index (Phi) is 7.90. The summed E-state index contributed by atoms with van der Waals surface area (Å²) < 4.78 is 0. The van der Waals surface area contributed by atoms with Crippen LogP contribution in [0.3, 0.4) is 0 Å². The van der Waals surface area contributed by atoms with Crippen molar-refractivity contribution in [2.24, 2.45) is 10.2 Å². The van der Waals surface area contributed by atoms with Crippen molar-refractivity contribution in [1.82, 2.24) is 10.9 Å². The van der Waals surface area contributed by atoms with Gasteiger partial charge < -0.3 is 0 Å². The molecule has 0 aliphatic rings. The van der Waals surface area contributed by atoms with Crippen LogP contribution in [0, 0.1) is 0 Å². The fourth-order valence-electron chi connectivity index (χ4n) is 3.37. The predicted molar refractivity (Wildman–Crippen MR) is 140 cm³/mol. The molecule has 35 heavy (non-hydrogen) atoms. The zero-order valence-electron chi connectivity index (χ0n) is 19.0. The van der Waals surface area contributed by atoms with Crippen LogP contribution in [-0.2, 0) is 9.59 Å². The van der Waals surface area contributed by atoms with Crippen LogP contribution in [0.4, 0.5) is 0 Å². The van der Waals surface area contributed by atoms with Crippen LogP contribution >= 0.6 is 0 Å². The number of hydrazone groups is 2. The van der Waals surface area contributed by atoms with Crippen LogP contribution in [0.25, 0.3) is 22.3 Å². The van der Waals surface area contributed by atoms with E-state index >= 15 is 0 Å². The molecule has 4 aromatic carbocycles. The Morgan fingerprint density at radius 1 is 0.514 bits per heavy atom. The van der Waals surface area contributed by atoms with Crippen LogP contribution in [0.15, 0.2) is 119 Å². The summed E-state index contributed by atoms with van der Waals surface area (Å²) in [6.45, 7) is 0. The van der Waals surface area contributed by atoms with Crippen molar-refractivity contribution in [3.05, 3.63) is 120 Å². The third-order valence-electron chi connectivity index (χ3n) is 5.16. The van der Waals surface area contributed by atoms with E-state index in [0.29, 0.717) is 0 Å². The molecule has 0 aromatic heterocycles. The second-order valence-corrected chi connectivity index (χ2v) is 7.74. The first kappa shape index (κ1) is 23.3. The number of hydrogen-bond acceptors (Lipinski definition) is 4. The second kappa shape index (κ2) is 11.9. The van der Waals surface area contributed by atoms with E-state index in [1.54, 1.807) is 0 Å². The van der Waals surface area contributed by atoms with Crippen molar-refractivity contribution in [2.75, 3.05) is 0 Å². The van der Waals surface area contributed by atoms with E-state index in [2.05, 4.69) is 21.1 Å². The number of nitrogens with zero attached hydrogens (tertiary/aromatic N) is 2. The van der Waals surface area contributed by atoms with Gasteiger partial charge in [-0.25, -0.2) is 10.9 Å². The molecule has 6 heteroatoms.